The van der Waals surface area contributed by atoms with Crippen LogP contribution in [0.15, 0.2) is 24.3 Å². The second kappa shape index (κ2) is 6.60. The molecular formula is C16H24N2O. The molecule has 2 N–H and O–H groups in total. The van der Waals surface area contributed by atoms with Crippen molar-refractivity contribution in [2.45, 2.75) is 44.9 Å². The first-order valence-electron chi connectivity index (χ1n) is 7.29. The molecule has 0 saturated heterocycles. The summed E-state index contributed by atoms with van der Waals surface area (Å²) in [5.41, 5.74) is 7.33. The van der Waals surface area contributed by atoms with Crippen LogP contribution in [-0.4, -0.2) is 13.0 Å². The number of benzene rings is 1. The maximum atomic E-state index is 12.2. The molecule has 1 aromatic carbocycles. The number of carbonyl (C=O) groups excluding carboxylic acids is 1. The van der Waals surface area contributed by atoms with Crippen LogP contribution in [0.1, 0.15) is 44.9 Å². The number of nitrogen functional groups attached to an aromatic ring is 1. The Labute approximate surface area is 115 Å². The van der Waals surface area contributed by atoms with E-state index in [2.05, 4.69) is 0 Å². The van der Waals surface area contributed by atoms with Gasteiger partial charge in [-0.25, -0.2) is 0 Å². The minimum atomic E-state index is 0.191. The van der Waals surface area contributed by atoms with Gasteiger partial charge in [-0.3, -0.25) is 4.79 Å². The molecule has 1 fully saturated rings. The van der Waals surface area contributed by atoms with Crippen LogP contribution in [-0.2, 0) is 4.79 Å². The number of nitrogens with zero attached hydrogens (tertiary/aromatic N) is 1. The molecule has 104 valence electrons. The van der Waals surface area contributed by atoms with Crippen LogP contribution in [0.3, 0.4) is 0 Å². The predicted octanol–water partition coefficient (Wildman–Crippen LogP) is 3.59. The standard InChI is InChI=1S/C16H24N2O/c1-18(15-9-5-8-14(17)12-15)16(19)11-10-13-6-3-2-4-7-13/h5,8-9,12-13H,2-4,6-7,10-11,17H2,1H3. The van der Waals surface area contributed by atoms with E-state index in [1.54, 1.807) is 4.90 Å². The van der Waals surface area contributed by atoms with Gasteiger partial charge < -0.3 is 10.6 Å². The van der Waals surface area contributed by atoms with Gasteiger partial charge in [-0.1, -0.05) is 38.2 Å². The first-order chi connectivity index (χ1) is 9.16. The molecule has 1 amide bonds. The summed E-state index contributed by atoms with van der Waals surface area (Å²) >= 11 is 0. The smallest absolute Gasteiger partial charge is 0.226 e. The molecule has 0 radical (unpaired) electrons. The number of hydrogen-bond acceptors (Lipinski definition) is 2. The Morgan fingerprint density at radius 2 is 2.05 bits per heavy atom. The zero-order valence-corrected chi connectivity index (χ0v) is 11.8. The zero-order chi connectivity index (χ0) is 13.7. The summed E-state index contributed by atoms with van der Waals surface area (Å²) in [5.74, 6) is 0.947. The van der Waals surface area contributed by atoms with E-state index in [9.17, 15) is 4.79 Å². The maximum Gasteiger partial charge on any atom is 0.226 e. The molecule has 0 spiro atoms. The molecule has 1 aliphatic rings. The largest absolute Gasteiger partial charge is 0.399 e. The number of nitrogens with two attached hydrogens (primary N) is 1. The Hall–Kier alpha value is -1.51. The molecule has 0 aliphatic heterocycles. The van der Waals surface area contributed by atoms with Crippen LogP contribution in [0.5, 0.6) is 0 Å². The highest BCUT2D eigenvalue weighted by Crippen LogP contribution is 2.28. The van der Waals surface area contributed by atoms with E-state index in [-0.39, 0.29) is 5.91 Å². The molecule has 0 aromatic heterocycles. The molecule has 0 unspecified atom stereocenters. The third-order valence-corrected chi connectivity index (χ3v) is 4.12. The average molecular weight is 260 g/mol. The molecule has 19 heavy (non-hydrogen) atoms. The SMILES string of the molecule is CN(C(=O)CCC1CCCCC1)c1cccc(N)c1. The van der Waals surface area contributed by atoms with Crippen LogP contribution in [0.2, 0.25) is 0 Å². The van der Waals surface area contributed by atoms with Gasteiger partial charge in [0.15, 0.2) is 0 Å². The number of rotatable bonds is 4. The highest BCUT2D eigenvalue weighted by molar-refractivity contribution is 5.93. The summed E-state index contributed by atoms with van der Waals surface area (Å²) in [7, 11) is 1.83. The van der Waals surface area contributed by atoms with E-state index in [0.717, 1.165) is 18.0 Å². The lowest BCUT2D eigenvalue weighted by atomic mass is 9.86. The zero-order valence-electron chi connectivity index (χ0n) is 11.8. The Morgan fingerprint density at radius 1 is 1.32 bits per heavy atom. The number of amides is 1. The topological polar surface area (TPSA) is 46.3 Å². The van der Waals surface area contributed by atoms with Gasteiger partial charge in [0, 0.05) is 24.8 Å². The molecule has 3 heteroatoms. The third-order valence-electron chi connectivity index (χ3n) is 4.12. The van der Waals surface area contributed by atoms with Crippen molar-refractivity contribution >= 4 is 17.3 Å². The Morgan fingerprint density at radius 3 is 2.74 bits per heavy atom. The van der Waals surface area contributed by atoms with E-state index in [4.69, 9.17) is 5.73 Å². The first kappa shape index (κ1) is 13.9. The molecule has 1 aliphatic carbocycles. The fraction of sp³-hybridized carbons (Fsp3) is 0.562. The van der Waals surface area contributed by atoms with Crippen molar-refractivity contribution in [1.82, 2.24) is 0 Å². The lowest BCUT2D eigenvalue weighted by Gasteiger charge is -2.23. The van der Waals surface area contributed by atoms with Crippen LogP contribution in [0.4, 0.5) is 11.4 Å². The van der Waals surface area contributed by atoms with Crippen LogP contribution >= 0.6 is 0 Å². The third kappa shape index (κ3) is 3.98. The van der Waals surface area contributed by atoms with Gasteiger partial charge in [-0.05, 0) is 30.5 Å². The highest BCUT2D eigenvalue weighted by Gasteiger charge is 2.17. The fourth-order valence-corrected chi connectivity index (χ4v) is 2.85. The van der Waals surface area contributed by atoms with E-state index < -0.39 is 0 Å². The number of carbonyl (C=O) groups is 1. The summed E-state index contributed by atoms with van der Waals surface area (Å²) in [5, 5.41) is 0. The fourth-order valence-electron chi connectivity index (χ4n) is 2.85. The number of anilines is 2. The lowest BCUT2D eigenvalue weighted by Crippen LogP contribution is -2.26. The Bertz CT molecular complexity index is 425. The van der Waals surface area contributed by atoms with Crippen LogP contribution < -0.4 is 10.6 Å². The van der Waals surface area contributed by atoms with E-state index in [1.807, 2.05) is 31.3 Å². The van der Waals surface area contributed by atoms with Crippen molar-refractivity contribution in [3.05, 3.63) is 24.3 Å². The number of hydrogen-bond donors (Lipinski definition) is 1. The normalized spacial score (nSPS) is 16.3. The minimum Gasteiger partial charge on any atom is -0.399 e. The highest BCUT2D eigenvalue weighted by atomic mass is 16.2. The molecule has 0 atom stereocenters. The maximum absolute atomic E-state index is 12.2. The van der Waals surface area contributed by atoms with Crippen molar-refractivity contribution < 1.29 is 4.79 Å². The molecule has 0 bridgehead atoms. The molecule has 1 aromatic rings. The molecule has 2 rings (SSSR count). The van der Waals surface area contributed by atoms with E-state index in [1.165, 1.54) is 32.1 Å². The molecule has 1 saturated carbocycles. The second-order valence-corrected chi connectivity index (χ2v) is 5.59. The lowest BCUT2D eigenvalue weighted by molar-refractivity contribution is -0.118. The van der Waals surface area contributed by atoms with Gasteiger partial charge in [0.2, 0.25) is 5.91 Å². The average Bonchev–Trinajstić information content (AvgIpc) is 2.45. The van der Waals surface area contributed by atoms with Crippen LogP contribution in [0, 0.1) is 5.92 Å². The molecule has 0 heterocycles. The Balaban J connectivity index is 1.85. The van der Waals surface area contributed by atoms with Crippen LogP contribution in [0.25, 0.3) is 0 Å². The van der Waals surface area contributed by atoms with Gasteiger partial charge in [0.25, 0.3) is 0 Å². The summed E-state index contributed by atoms with van der Waals surface area (Å²) in [6, 6.07) is 7.49. The summed E-state index contributed by atoms with van der Waals surface area (Å²) < 4.78 is 0. The summed E-state index contributed by atoms with van der Waals surface area (Å²) in [6.07, 6.45) is 8.33. The molecular weight excluding hydrogens is 236 g/mol. The first-order valence-corrected chi connectivity index (χ1v) is 7.29. The Kier molecular flexibility index (Phi) is 4.83. The van der Waals surface area contributed by atoms with Crippen molar-refractivity contribution in [2.75, 3.05) is 17.7 Å². The second-order valence-electron chi connectivity index (χ2n) is 5.59. The van der Waals surface area contributed by atoms with Crippen molar-refractivity contribution in [3.63, 3.8) is 0 Å². The van der Waals surface area contributed by atoms with Crippen molar-refractivity contribution in [3.8, 4) is 0 Å². The van der Waals surface area contributed by atoms with E-state index >= 15 is 0 Å². The summed E-state index contributed by atoms with van der Waals surface area (Å²) in [6.45, 7) is 0. The quantitative estimate of drug-likeness (QED) is 0.841. The predicted molar refractivity (Wildman–Crippen MR) is 80.1 cm³/mol. The van der Waals surface area contributed by atoms with Gasteiger partial charge in [-0.2, -0.15) is 0 Å². The van der Waals surface area contributed by atoms with Gasteiger partial charge in [0.1, 0.15) is 0 Å². The van der Waals surface area contributed by atoms with Gasteiger partial charge in [-0.15, -0.1) is 0 Å². The molecule has 3 nitrogen and oxygen atoms in total. The van der Waals surface area contributed by atoms with Crippen molar-refractivity contribution in [2.24, 2.45) is 5.92 Å². The summed E-state index contributed by atoms with van der Waals surface area (Å²) in [4.78, 5) is 13.9. The monoisotopic (exact) mass is 260 g/mol. The van der Waals surface area contributed by atoms with Crippen molar-refractivity contribution in [1.29, 1.82) is 0 Å². The minimum absolute atomic E-state index is 0.191. The van der Waals surface area contributed by atoms with Gasteiger partial charge in [0.05, 0.1) is 0 Å². The van der Waals surface area contributed by atoms with E-state index in [0.29, 0.717) is 12.1 Å². The van der Waals surface area contributed by atoms with Gasteiger partial charge >= 0.3 is 0 Å².